The van der Waals surface area contributed by atoms with Gasteiger partial charge in [-0.05, 0) is 31.0 Å². The first-order chi connectivity index (χ1) is 9.00. The molecule has 1 aromatic carbocycles. The van der Waals surface area contributed by atoms with Crippen LogP contribution in [0.25, 0.3) is 0 Å². The van der Waals surface area contributed by atoms with Crippen LogP contribution in [0.4, 0.5) is 13.2 Å². The molecule has 1 aliphatic rings. The molecule has 0 unspecified atom stereocenters. The number of nitrogens with one attached hydrogen (secondary N) is 2. The minimum Gasteiger partial charge on any atom is -0.348 e. The van der Waals surface area contributed by atoms with E-state index in [0.717, 1.165) is 25.1 Å². The standard InChI is InChI=1S/C13H15F3N2O/c1-7-4-5-17-6-10(7)18-13(19)8-2-3-9(14)12(16)11(8)15/h2-3,7,10,17H,4-6H2,1H3,(H,18,19)/t7-,10+/m0/s1. The third-order valence-electron chi connectivity index (χ3n) is 3.42. The Morgan fingerprint density at radius 2 is 2.05 bits per heavy atom. The minimum atomic E-state index is -1.62. The summed E-state index contributed by atoms with van der Waals surface area (Å²) in [7, 11) is 0. The summed E-state index contributed by atoms with van der Waals surface area (Å²) >= 11 is 0. The average Bonchev–Trinajstić information content (AvgIpc) is 2.39. The van der Waals surface area contributed by atoms with Crippen molar-refractivity contribution in [2.45, 2.75) is 19.4 Å². The predicted octanol–water partition coefficient (Wildman–Crippen LogP) is 1.83. The summed E-state index contributed by atoms with van der Waals surface area (Å²) in [4.78, 5) is 11.9. The third kappa shape index (κ3) is 2.89. The van der Waals surface area contributed by atoms with E-state index >= 15 is 0 Å². The van der Waals surface area contributed by atoms with E-state index < -0.39 is 28.9 Å². The average molecular weight is 272 g/mol. The van der Waals surface area contributed by atoms with Crippen molar-refractivity contribution < 1.29 is 18.0 Å². The summed E-state index contributed by atoms with van der Waals surface area (Å²) < 4.78 is 39.3. The second kappa shape index (κ2) is 5.61. The molecule has 1 fully saturated rings. The van der Waals surface area contributed by atoms with Crippen LogP contribution >= 0.6 is 0 Å². The Balaban J connectivity index is 2.14. The van der Waals surface area contributed by atoms with E-state index in [2.05, 4.69) is 10.6 Å². The molecule has 0 bridgehead atoms. The van der Waals surface area contributed by atoms with Crippen LogP contribution in [-0.4, -0.2) is 25.0 Å². The maximum Gasteiger partial charge on any atom is 0.254 e. The van der Waals surface area contributed by atoms with E-state index in [9.17, 15) is 18.0 Å². The van der Waals surface area contributed by atoms with Crippen LogP contribution < -0.4 is 10.6 Å². The number of rotatable bonds is 2. The lowest BCUT2D eigenvalue weighted by Crippen LogP contribution is -2.50. The highest BCUT2D eigenvalue weighted by Crippen LogP contribution is 2.17. The van der Waals surface area contributed by atoms with Crippen LogP contribution in [0, 0.1) is 23.4 Å². The van der Waals surface area contributed by atoms with Crippen molar-refractivity contribution in [2.75, 3.05) is 13.1 Å². The van der Waals surface area contributed by atoms with Gasteiger partial charge < -0.3 is 10.6 Å². The summed E-state index contributed by atoms with van der Waals surface area (Å²) in [5.74, 6) is -4.85. The van der Waals surface area contributed by atoms with Gasteiger partial charge in [-0.1, -0.05) is 6.92 Å². The fourth-order valence-electron chi connectivity index (χ4n) is 2.13. The molecule has 1 heterocycles. The minimum absolute atomic E-state index is 0.145. The van der Waals surface area contributed by atoms with Gasteiger partial charge >= 0.3 is 0 Å². The fourth-order valence-corrected chi connectivity index (χ4v) is 2.13. The molecular formula is C13H15F3N2O. The highest BCUT2D eigenvalue weighted by molar-refractivity contribution is 5.94. The van der Waals surface area contributed by atoms with Gasteiger partial charge in [-0.15, -0.1) is 0 Å². The van der Waals surface area contributed by atoms with Crippen molar-refractivity contribution in [3.63, 3.8) is 0 Å². The molecule has 2 atom stereocenters. The molecule has 104 valence electrons. The SMILES string of the molecule is C[C@H]1CCNC[C@H]1NC(=O)c1ccc(F)c(F)c1F. The molecule has 0 saturated carbocycles. The number of amides is 1. The number of hydrogen-bond acceptors (Lipinski definition) is 2. The van der Waals surface area contributed by atoms with Gasteiger partial charge in [-0.25, -0.2) is 13.2 Å². The van der Waals surface area contributed by atoms with Crippen LogP contribution in [0.1, 0.15) is 23.7 Å². The second-order valence-corrected chi connectivity index (χ2v) is 4.77. The van der Waals surface area contributed by atoms with Crippen molar-refractivity contribution in [3.8, 4) is 0 Å². The highest BCUT2D eigenvalue weighted by atomic mass is 19.2. The predicted molar refractivity (Wildman–Crippen MR) is 64.2 cm³/mol. The lowest BCUT2D eigenvalue weighted by atomic mass is 9.94. The number of halogens is 3. The molecule has 2 N–H and O–H groups in total. The van der Waals surface area contributed by atoms with E-state index in [0.29, 0.717) is 6.54 Å². The topological polar surface area (TPSA) is 41.1 Å². The lowest BCUT2D eigenvalue weighted by Gasteiger charge is -2.30. The summed E-state index contributed by atoms with van der Waals surface area (Å²) in [6.45, 7) is 3.43. The number of piperidine rings is 1. The Labute approximate surface area is 109 Å². The normalized spacial score (nSPS) is 23.2. The van der Waals surface area contributed by atoms with Crippen LogP contribution in [0.2, 0.25) is 0 Å². The lowest BCUT2D eigenvalue weighted by molar-refractivity contribution is 0.0910. The molecule has 19 heavy (non-hydrogen) atoms. The first kappa shape index (κ1) is 13.9. The summed E-state index contributed by atoms with van der Waals surface area (Å²) in [5, 5.41) is 5.76. The molecule has 1 saturated heterocycles. The van der Waals surface area contributed by atoms with Gasteiger partial charge in [0.25, 0.3) is 5.91 Å². The molecule has 0 radical (unpaired) electrons. The Morgan fingerprint density at radius 3 is 2.74 bits per heavy atom. The molecule has 3 nitrogen and oxygen atoms in total. The molecule has 2 rings (SSSR count). The molecule has 1 aliphatic heterocycles. The van der Waals surface area contributed by atoms with Crippen molar-refractivity contribution in [1.29, 1.82) is 0 Å². The van der Waals surface area contributed by atoms with E-state index in [-0.39, 0.29) is 12.0 Å². The Hall–Kier alpha value is -1.56. The van der Waals surface area contributed by atoms with Gasteiger partial charge in [-0.3, -0.25) is 4.79 Å². The zero-order valence-corrected chi connectivity index (χ0v) is 10.5. The van der Waals surface area contributed by atoms with E-state index in [1.165, 1.54) is 0 Å². The van der Waals surface area contributed by atoms with Gasteiger partial charge in [0.1, 0.15) is 0 Å². The van der Waals surface area contributed by atoms with Crippen molar-refractivity contribution in [1.82, 2.24) is 10.6 Å². The molecule has 0 spiro atoms. The number of carbonyl (C=O) groups is 1. The van der Waals surface area contributed by atoms with Gasteiger partial charge in [0.2, 0.25) is 0 Å². The van der Waals surface area contributed by atoms with Crippen molar-refractivity contribution in [3.05, 3.63) is 35.1 Å². The number of benzene rings is 1. The quantitative estimate of drug-likeness (QED) is 0.806. The second-order valence-electron chi connectivity index (χ2n) is 4.77. The van der Waals surface area contributed by atoms with Crippen LogP contribution in [0.15, 0.2) is 12.1 Å². The van der Waals surface area contributed by atoms with Gasteiger partial charge in [-0.2, -0.15) is 0 Å². The van der Waals surface area contributed by atoms with Gasteiger partial charge in [0.05, 0.1) is 5.56 Å². The molecular weight excluding hydrogens is 257 g/mol. The molecule has 1 amide bonds. The fraction of sp³-hybridized carbons (Fsp3) is 0.462. The zero-order valence-electron chi connectivity index (χ0n) is 10.5. The summed E-state index contributed by atoms with van der Waals surface area (Å²) in [6, 6.07) is 1.55. The summed E-state index contributed by atoms with van der Waals surface area (Å²) in [5.41, 5.74) is -0.475. The van der Waals surface area contributed by atoms with E-state index in [1.54, 1.807) is 0 Å². The van der Waals surface area contributed by atoms with Crippen molar-refractivity contribution in [2.24, 2.45) is 5.92 Å². The smallest absolute Gasteiger partial charge is 0.254 e. The molecule has 6 heteroatoms. The van der Waals surface area contributed by atoms with Gasteiger partial charge in [0, 0.05) is 12.6 Å². The Morgan fingerprint density at radius 1 is 1.32 bits per heavy atom. The van der Waals surface area contributed by atoms with E-state index in [4.69, 9.17) is 0 Å². The summed E-state index contributed by atoms with van der Waals surface area (Å²) in [6.07, 6.45) is 0.894. The van der Waals surface area contributed by atoms with Crippen molar-refractivity contribution >= 4 is 5.91 Å². The Kier molecular flexibility index (Phi) is 4.09. The first-order valence-electron chi connectivity index (χ1n) is 6.15. The monoisotopic (exact) mass is 272 g/mol. The maximum absolute atomic E-state index is 13.5. The first-order valence-corrected chi connectivity index (χ1v) is 6.15. The van der Waals surface area contributed by atoms with E-state index in [1.807, 2.05) is 6.92 Å². The zero-order chi connectivity index (χ0) is 14.0. The Bertz CT molecular complexity index is 493. The van der Waals surface area contributed by atoms with Crippen LogP contribution in [-0.2, 0) is 0 Å². The number of hydrogen-bond donors (Lipinski definition) is 2. The molecule has 1 aromatic rings. The molecule has 0 aromatic heterocycles. The van der Waals surface area contributed by atoms with Crippen LogP contribution in [0.5, 0.6) is 0 Å². The van der Waals surface area contributed by atoms with Crippen LogP contribution in [0.3, 0.4) is 0 Å². The molecule has 0 aliphatic carbocycles. The number of carbonyl (C=O) groups excluding carboxylic acids is 1. The maximum atomic E-state index is 13.5. The highest BCUT2D eigenvalue weighted by Gasteiger charge is 2.25. The van der Waals surface area contributed by atoms with Gasteiger partial charge in [0.15, 0.2) is 17.5 Å². The third-order valence-corrected chi connectivity index (χ3v) is 3.42. The largest absolute Gasteiger partial charge is 0.348 e.